The van der Waals surface area contributed by atoms with E-state index in [1.165, 1.54) is 0 Å². The van der Waals surface area contributed by atoms with Crippen LogP contribution >= 0.6 is 0 Å². The van der Waals surface area contributed by atoms with Crippen LogP contribution in [0.5, 0.6) is 0 Å². The Morgan fingerprint density at radius 1 is 0.846 bits per heavy atom. The fourth-order valence-electron chi connectivity index (χ4n) is 0.831. The van der Waals surface area contributed by atoms with Crippen molar-refractivity contribution in [2.45, 2.75) is 19.8 Å². The third kappa shape index (κ3) is 11.9. The van der Waals surface area contributed by atoms with Gasteiger partial charge in [-0.3, -0.25) is 0 Å². The summed E-state index contributed by atoms with van der Waals surface area (Å²) < 4.78 is 15.7. The van der Waals surface area contributed by atoms with Gasteiger partial charge in [-0.2, -0.15) is 0 Å². The number of hydrogen-bond donors (Lipinski definition) is 0. The molecule has 3 nitrogen and oxygen atoms in total. The van der Waals surface area contributed by atoms with Crippen LogP contribution in [0.1, 0.15) is 19.8 Å². The van der Waals surface area contributed by atoms with E-state index < -0.39 is 0 Å². The molecule has 0 aliphatic carbocycles. The molecule has 0 spiro atoms. The maximum atomic E-state index is 5.30. The summed E-state index contributed by atoms with van der Waals surface area (Å²) in [6.07, 6.45) is 1.79. The Hall–Kier alpha value is -0.120. The molecule has 0 rings (SSSR count). The molecule has 0 saturated heterocycles. The molecule has 3 heteroatoms. The van der Waals surface area contributed by atoms with Gasteiger partial charge >= 0.3 is 0 Å². The average Bonchev–Trinajstić information content (AvgIpc) is 2.16. The van der Waals surface area contributed by atoms with Gasteiger partial charge in [0.1, 0.15) is 0 Å². The molecule has 13 heavy (non-hydrogen) atoms. The van der Waals surface area contributed by atoms with Crippen molar-refractivity contribution in [1.29, 1.82) is 0 Å². The smallest absolute Gasteiger partial charge is 0.0700 e. The third-order valence-electron chi connectivity index (χ3n) is 1.44. The molecule has 0 N–H and O–H groups in total. The minimum atomic E-state index is 0.671. The molecule has 0 atom stereocenters. The fourth-order valence-corrected chi connectivity index (χ4v) is 0.831. The van der Waals surface area contributed by atoms with E-state index in [1.807, 2.05) is 6.92 Å². The van der Waals surface area contributed by atoms with Crippen LogP contribution in [0.2, 0.25) is 0 Å². The monoisotopic (exact) mass is 189 g/mol. The lowest BCUT2D eigenvalue weighted by atomic mass is 10.5. The summed E-state index contributed by atoms with van der Waals surface area (Å²) in [6.45, 7) is 10.1. The molecule has 0 aromatic heterocycles. The zero-order chi connectivity index (χ0) is 9.78. The summed E-state index contributed by atoms with van der Waals surface area (Å²) >= 11 is 0. The molecule has 0 heterocycles. The van der Waals surface area contributed by atoms with Gasteiger partial charge in [-0.1, -0.05) is 6.92 Å². The summed E-state index contributed by atoms with van der Waals surface area (Å²) in [7, 11) is 0. The van der Waals surface area contributed by atoms with Crippen molar-refractivity contribution in [2.24, 2.45) is 0 Å². The van der Waals surface area contributed by atoms with Gasteiger partial charge < -0.3 is 14.2 Å². The molecule has 1 radical (unpaired) electrons. The summed E-state index contributed by atoms with van der Waals surface area (Å²) in [6, 6.07) is 0. The first-order valence-electron chi connectivity index (χ1n) is 4.94. The van der Waals surface area contributed by atoms with Crippen LogP contribution in [0.15, 0.2) is 0 Å². The highest BCUT2D eigenvalue weighted by Crippen LogP contribution is 1.86. The van der Waals surface area contributed by atoms with Crippen LogP contribution in [0.4, 0.5) is 0 Å². The molecule has 0 bridgehead atoms. The Labute approximate surface area is 81.4 Å². The van der Waals surface area contributed by atoms with E-state index in [4.69, 9.17) is 14.2 Å². The number of ether oxygens (including phenoxy) is 3. The van der Waals surface area contributed by atoms with Crippen LogP contribution in [0.3, 0.4) is 0 Å². The van der Waals surface area contributed by atoms with Gasteiger partial charge in [0.2, 0.25) is 0 Å². The first-order chi connectivity index (χ1) is 6.41. The molecule has 79 valence electrons. The highest BCUT2D eigenvalue weighted by Gasteiger charge is 1.89. The van der Waals surface area contributed by atoms with E-state index in [9.17, 15) is 0 Å². The lowest BCUT2D eigenvalue weighted by molar-refractivity contribution is 0.0380. The molecule has 0 aromatic rings. The van der Waals surface area contributed by atoms with E-state index in [1.54, 1.807) is 0 Å². The summed E-state index contributed by atoms with van der Waals surface area (Å²) in [5, 5.41) is 0. The van der Waals surface area contributed by atoms with Crippen LogP contribution in [-0.4, -0.2) is 39.6 Å². The quantitative estimate of drug-likeness (QED) is 0.489. The largest absolute Gasteiger partial charge is 0.382 e. The standard InChI is InChI=1S/C10H21O3/c1-3-6-12-9-10-13-8-5-7-11-4-2/h1,3-10H2,2H3. The van der Waals surface area contributed by atoms with E-state index >= 15 is 0 Å². The highest BCUT2D eigenvalue weighted by molar-refractivity contribution is 4.37. The first-order valence-corrected chi connectivity index (χ1v) is 4.94. The Kier molecular flexibility index (Phi) is 11.8. The van der Waals surface area contributed by atoms with Crippen molar-refractivity contribution in [3.63, 3.8) is 0 Å². The average molecular weight is 189 g/mol. The van der Waals surface area contributed by atoms with Gasteiger partial charge in [-0.05, 0) is 19.8 Å². The van der Waals surface area contributed by atoms with E-state index in [2.05, 4.69) is 6.92 Å². The molecule has 0 aliphatic heterocycles. The molecular weight excluding hydrogens is 168 g/mol. The lowest BCUT2D eigenvalue weighted by Crippen LogP contribution is -2.07. The van der Waals surface area contributed by atoms with Gasteiger partial charge in [0, 0.05) is 26.4 Å². The first kappa shape index (κ1) is 12.9. The highest BCUT2D eigenvalue weighted by atomic mass is 16.5. The van der Waals surface area contributed by atoms with Gasteiger partial charge in [0.05, 0.1) is 13.2 Å². The SMILES string of the molecule is [CH2]CCOCCOCCCOCC. The van der Waals surface area contributed by atoms with Crippen molar-refractivity contribution >= 4 is 0 Å². The zero-order valence-electron chi connectivity index (χ0n) is 8.59. The van der Waals surface area contributed by atoms with Gasteiger partial charge in [0.15, 0.2) is 0 Å². The summed E-state index contributed by atoms with van der Waals surface area (Å²) in [5.74, 6) is 0. The number of hydrogen-bond acceptors (Lipinski definition) is 3. The summed E-state index contributed by atoms with van der Waals surface area (Å²) in [4.78, 5) is 0. The lowest BCUT2D eigenvalue weighted by Gasteiger charge is -2.04. The molecule has 0 unspecified atom stereocenters. The minimum Gasteiger partial charge on any atom is -0.382 e. The van der Waals surface area contributed by atoms with Gasteiger partial charge in [-0.25, -0.2) is 0 Å². The predicted octanol–water partition coefficient (Wildman–Crippen LogP) is 1.67. The van der Waals surface area contributed by atoms with Crippen molar-refractivity contribution in [2.75, 3.05) is 39.6 Å². The Morgan fingerprint density at radius 2 is 1.46 bits per heavy atom. The molecule has 0 aliphatic rings. The molecule has 0 fully saturated rings. The second-order valence-electron chi connectivity index (χ2n) is 2.63. The Morgan fingerprint density at radius 3 is 2.08 bits per heavy atom. The molecular formula is C10H21O3. The molecule has 0 saturated carbocycles. The van der Waals surface area contributed by atoms with E-state index in [0.29, 0.717) is 13.2 Å². The molecule has 0 amide bonds. The van der Waals surface area contributed by atoms with Crippen molar-refractivity contribution in [1.82, 2.24) is 0 Å². The normalized spacial score (nSPS) is 10.6. The number of rotatable bonds is 10. The van der Waals surface area contributed by atoms with Crippen LogP contribution in [0.25, 0.3) is 0 Å². The van der Waals surface area contributed by atoms with Crippen molar-refractivity contribution < 1.29 is 14.2 Å². The second kappa shape index (κ2) is 11.9. The van der Waals surface area contributed by atoms with Crippen LogP contribution in [-0.2, 0) is 14.2 Å². The van der Waals surface area contributed by atoms with E-state index in [0.717, 1.165) is 39.3 Å². The minimum absolute atomic E-state index is 0.671. The molecule has 0 aromatic carbocycles. The second-order valence-corrected chi connectivity index (χ2v) is 2.63. The third-order valence-corrected chi connectivity index (χ3v) is 1.44. The van der Waals surface area contributed by atoms with Crippen molar-refractivity contribution in [3.8, 4) is 0 Å². The summed E-state index contributed by atoms with van der Waals surface area (Å²) in [5.41, 5.74) is 0. The predicted molar refractivity (Wildman–Crippen MR) is 52.7 cm³/mol. The van der Waals surface area contributed by atoms with Crippen LogP contribution in [0, 0.1) is 6.92 Å². The van der Waals surface area contributed by atoms with Crippen molar-refractivity contribution in [3.05, 3.63) is 6.92 Å². The Bertz CT molecular complexity index is 76.2. The fraction of sp³-hybridized carbons (Fsp3) is 0.900. The van der Waals surface area contributed by atoms with Gasteiger partial charge in [0.25, 0.3) is 0 Å². The Balaban J connectivity index is 2.76. The van der Waals surface area contributed by atoms with E-state index in [-0.39, 0.29) is 0 Å². The zero-order valence-corrected chi connectivity index (χ0v) is 8.59. The maximum Gasteiger partial charge on any atom is 0.0700 e. The van der Waals surface area contributed by atoms with Crippen LogP contribution < -0.4 is 0 Å². The maximum absolute atomic E-state index is 5.30. The van der Waals surface area contributed by atoms with Gasteiger partial charge in [-0.15, -0.1) is 0 Å². The topological polar surface area (TPSA) is 27.7 Å².